The number of fused-ring (bicyclic) bond motifs is 1. The number of hydrogen-bond donors (Lipinski definition) is 6. The first kappa shape index (κ1) is 22.5. The Morgan fingerprint density at radius 1 is 1.30 bits per heavy atom. The number of phosphoric ester groups is 2. The molecule has 2 aromatic heterocycles. The van der Waals surface area contributed by atoms with Crippen molar-refractivity contribution in [1.82, 2.24) is 19.5 Å². The molecule has 3 rings (SSSR count). The Hall–Kier alpha value is -2.20. The molecule has 2 aromatic rings. The zero-order valence-electron chi connectivity index (χ0n) is 14.5. The normalized spacial score (nSPS) is 24.8. The van der Waals surface area contributed by atoms with Gasteiger partial charge in [0, 0.05) is 4.91 Å². The first-order valence-corrected chi connectivity index (χ1v) is 10.8. The standard InChI is InChI=1S/C10H14N8O10P2/c11-7-4-8(14-2-13-7)18(10(15-4)16-17-12)9-5(19)6(28-30(23,24)25)3(27-9)1-26-29(20,21)22/h2-3,5-6,9,19H,1H2,(H2,11,13,14)(H2,20,21,22)(H2,23,24,25). The van der Waals surface area contributed by atoms with E-state index in [2.05, 4.69) is 34.0 Å². The van der Waals surface area contributed by atoms with E-state index in [9.17, 15) is 14.2 Å². The molecule has 4 atom stereocenters. The monoisotopic (exact) mass is 468 g/mol. The lowest BCUT2D eigenvalue weighted by atomic mass is 10.1. The second kappa shape index (κ2) is 8.14. The molecule has 1 aliphatic heterocycles. The summed E-state index contributed by atoms with van der Waals surface area (Å²) in [6, 6.07) is 0. The molecule has 0 bridgehead atoms. The summed E-state index contributed by atoms with van der Waals surface area (Å²) >= 11 is 0. The number of imidazole rings is 1. The van der Waals surface area contributed by atoms with Crippen LogP contribution in [0.15, 0.2) is 11.4 Å². The van der Waals surface area contributed by atoms with Crippen LogP contribution >= 0.6 is 15.6 Å². The summed E-state index contributed by atoms with van der Waals surface area (Å²) in [5.74, 6) is -0.500. The van der Waals surface area contributed by atoms with Gasteiger partial charge in [-0.3, -0.25) is 13.6 Å². The van der Waals surface area contributed by atoms with Gasteiger partial charge in [0.05, 0.1) is 6.61 Å². The second-order valence-corrected chi connectivity index (χ2v) is 8.24. The summed E-state index contributed by atoms with van der Waals surface area (Å²) in [6.45, 7) is -0.914. The highest BCUT2D eigenvalue weighted by Gasteiger charge is 2.50. The summed E-state index contributed by atoms with van der Waals surface area (Å²) in [4.78, 5) is 50.1. The van der Waals surface area contributed by atoms with Crippen LogP contribution in [0.3, 0.4) is 0 Å². The largest absolute Gasteiger partial charge is 0.470 e. The molecule has 1 saturated heterocycles. The maximum Gasteiger partial charge on any atom is 0.470 e. The van der Waals surface area contributed by atoms with E-state index in [1.807, 2.05) is 0 Å². The first-order valence-electron chi connectivity index (χ1n) is 7.72. The van der Waals surface area contributed by atoms with Crippen LogP contribution in [0.4, 0.5) is 11.8 Å². The predicted octanol–water partition coefficient (Wildman–Crippen LogP) is -0.804. The van der Waals surface area contributed by atoms with Crippen molar-refractivity contribution in [1.29, 1.82) is 0 Å². The van der Waals surface area contributed by atoms with Crippen LogP contribution in [-0.4, -0.2) is 69.1 Å². The lowest BCUT2D eigenvalue weighted by molar-refractivity contribution is -0.0494. The molecular formula is C10H14N8O10P2. The highest BCUT2D eigenvalue weighted by Crippen LogP contribution is 2.46. The van der Waals surface area contributed by atoms with E-state index in [0.29, 0.717) is 0 Å². The molecule has 0 aliphatic carbocycles. The van der Waals surface area contributed by atoms with Crippen molar-refractivity contribution in [2.75, 3.05) is 12.3 Å². The Morgan fingerprint density at radius 3 is 2.60 bits per heavy atom. The van der Waals surface area contributed by atoms with Gasteiger partial charge in [0.15, 0.2) is 23.2 Å². The molecule has 1 fully saturated rings. The zero-order valence-corrected chi connectivity index (χ0v) is 16.3. The Morgan fingerprint density at radius 2 is 2.00 bits per heavy atom. The third kappa shape index (κ3) is 4.75. The van der Waals surface area contributed by atoms with E-state index in [1.165, 1.54) is 0 Å². The minimum atomic E-state index is -5.18. The van der Waals surface area contributed by atoms with Crippen LogP contribution in [0.25, 0.3) is 21.6 Å². The summed E-state index contributed by atoms with van der Waals surface area (Å²) < 4.78 is 37.5. The number of ether oxygens (including phenoxy) is 1. The van der Waals surface area contributed by atoms with Crippen molar-refractivity contribution in [2.24, 2.45) is 5.11 Å². The quantitative estimate of drug-likeness (QED) is 0.125. The van der Waals surface area contributed by atoms with Gasteiger partial charge < -0.3 is 35.2 Å². The third-order valence-electron chi connectivity index (χ3n) is 3.85. The van der Waals surface area contributed by atoms with Gasteiger partial charge in [0.2, 0.25) is 5.95 Å². The van der Waals surface area contributed by atoms with Gasteiger partial charge in [-0.2, -0.15) is 0 Å². The number of rotatable bonds is 7. The Kier molecular flexibility index (Phi) is 6.10. The smallest absolute Gasteiger partial charge is 0.386 e. The maximum atomic E-state index is 11.3. The van der Waals surface area contributed by atoms with Crippen LogP contribution in [0.1, 0.15) is 6.23 Å². The Bertz CT molecular complexity index is 1090. The van der Waals surface area contributed by atoms with Gasteiger partial charge in [0.25, 0.3) is 0 Å². The summed E-state index contributed by atoms with van der Waals surface area (Å²) in [5, 5.41) is 13.9. The van der Waals surface area contributed by atoms with Crippen molar-refractivity contribution in [2.45, 2.75) is 24.5 Å². The van der Waals surface area contributed by atoms with Crippen molar-refractivity contribution >= 4 is 38.6 Å². The fraction of sp³-hybridized carbons (Fsp3) is 0.500. The number of aliphatic hydroxyl groups is 1. The predicted molar refractivity (Wildman–Crippen MR) is 93.4 cm³/mol. The van der Waals surface area contributed by atoms with E-state index >= 15 is 0 Å². The van der Waals surface area contributed by atoms with Gasteiger partial charge in [-0.25, -0.2) is 24.1 Å². The number of nitrogen functional groups attached to an aromatic ring is 1. The van der Waals surface area contributed by atoms with Gasteiger partial charge in [-0.05, 0) is 10.6 Å². The molecule has 1 aliphatic rings. The fourth-order valence-electron chi connectivity index (χ4n) is 2.79. The van der Waals surface area contributed by atoms with Crippen LogP contribution in [0, 0.1) is 0 Å². The van der Waals surface area contributed by atoms with E-state index in [1.54, 1.807) is 0 Å². The lowest BCUT2D eigenvalue weighted by Crippen LogP contribution is -2.35. The molecule has 18 nitrogen and oxygen atoms in total. The van der Waals surface area contributed by atoms with Crippen molar-refractivity contribution < 1.29 is 47.6 Å². The lowest BCUT2D eigenvalue weighted by Gasteiger charge is -2.21. The molecule has 0 amide bonds. The molecule has 7 N–H and O–H groups in total. The fourth-order valence-corrected chi connectivity index (χ4v) is 3.70. The van der Waals surface area contributed by atoms with Crippen LogP contribution in [0.5, 0.6) is 0 Å². The first-order chi connectivity index (χ1) is 13.9. The minimum Gasteiger partial charge on any atom is -0.386 e. The summed E-state index contributed by atoms with van der Waals surface area (Å²) in [7, 11) is -10.2. The second-order valence-electron chi connectivity index (χ2n) is 5.81. The molecule has 30 heavy (non-hydrogen) atoms. The van der Waals surface area contributed by atoms with Gasteiger partial charge in [-0.15, -0.1) is 0 Å². The van der Waals surface area contributed by atoms with Crippen molar-refractivity contribution in [3.63, 3.8) is 0 Å². The third-order valence-corrected chi connectivity index (χ3v) is 4.85. The molecule has 0 spiro atoms. The summed E-state index contributed by atoms with van der Waals surface area (Å²) in [5.41, 5.74) is 14.4. The average molecular weight is 468 g/mol. The molecule has 4 unspecified atom stereocenters. The molecular weight excluding hydrogens is 454 g/mol. The number of phosphoric acid groups is 2. The molecule has 20 heteroatoms. The number of aromatic nitrogens is 4. The zero-order chi connectivity index (χ0) is 22.3. The molecule has 3 heterocycles. The molecule has 0 aromatic carbocycles. The van der Waals surface area contributed by atoms with E-state index < -0.39 is 52.7 Å². The topological polar surface area (TPSA) is 281 Å². The van der Waals surface area contributed by atoms with E-state index in [4.69, 9.17) is 35.6 Å². The SMILES string of the molecule is [N-]=[N+]=Nc1nc2c(N)ncnc2n1C1OC(COP(=O)(O)O)C(OP(=O)(O)O)C1O. The van der Waals surface area contributed by atoms with Crippen LogP contribution < -0.4 is 5.73 Å². The van der Waals surface area contributed by atoms with E-state index in [0.717, 1.165) is 10.9 Å². The van der Waals surface area contributed by atoms with E-state index in [-0.39, 0.29) is 17.0 Å². The molecule has 0 radical (unpaired) electrons. The van der Waals surface area contributed by atoms with Crippen LogP contribution in [0.2, 0.25) is 0 Å². The highest BCUT2D eigenvalue weighted by molar-refractivity contribution is 7.46. The average Bonchev–Trinajstić information content (AvgIpc) is 3.11. The number of azide groups is 1. The van der Waals surface area contributed by atoms with Crippen molar-refractivity contribution in [3.05, 3.63) is 16.8 Å². The Labute approximate surface area is 165 Å². The van der Waals surface area contributed by atoms with Gasteiger partial charge in [-0.1, -0.05) is 0 Å². The minimum absolute atomic E-state index is 0.0296. The molecule has 164 valence electrons. The summed E-state index contributed by atoms with van der Waals surface area (Å²) in [6.07, 6.45) is -5.77. The van der Waals surface area contributed by atoms with Gasteiger partial charge >= 0.3 is 15.6 Å². The number of anilines is 1. The van der Waals surface area contributed by atoms with Crippen molar-refractivity contribution in [3.8, 4) is 0 Å². The highest BCUT2D eigenvalue weighted by atomic mass is 31.2. The maximum absolute atomic E-state index is 11.3. The molecule has 0 saturated carbocycles. The van der Waals surface area contributed by atoms with Gasteiger partial charge in [0.1, 0.15) is 24.6 Å². The number of nitrogens with two attached hydrogens (primary N) is 1. The Balaban J connectivity index is 2.06. The number of hydrogen-bond acceptors (Lipinski definition) is 11. The number of nitrogens with zero attached hydrogens (tertiary/aromatic N) is 7. The van der Waals surface area contributed by atoms with Crippen LogP contribution in [-0.2, 0) is 22.9 Å². The number of aliphatic hydroxyl groups excluding tert-OH is 1.